The Kier molecular flexibility index (Phi) is 3.30. The molecule has 1 aromatic carbocycles. The van der Waals surface area contributed by atoms with Gasteiger partial charge in [0.25, 0.3) is 5.91 Å². The van der Waals surface area contributed by atoms with Gasteiger partial charge in [0.2, 0.25) is 0 Å². The average molecular weight is 249 g/mol. The molecule has 1 aliphatic rings. The van der Waals surface area contributed by atoms with Crippen molar-refractivity contribution in [2.45, 2.75) is 32.3 Å². The number of carbonyl (C=O) groups excluding carboxylic acids is 1. The molecule has 0 aliphatic carbocycles. The zero-order chi connectivity index (χ0) is 13.3. The third-order valence-electron chi connectivity index (χ3n) is 3.42. The number of likely N-dealkylation sites (tertiary alicyclic amines) is 1. The Hall–Kier alpha value is -1.55. The van der Waals surface area contributed by atoms with Gasteiger partial charge in [-0.2, -0.15) is 0 Å². The summed E-state index contributed by atoms with van der Waals surface area (Å²) >= 11 is 0. The van der Waals surface area contributed by atoms with Crippen molar-refractivity contribution in [3.63, 3.8) is 0 Å². The smallest absolute Gasteiger partial charge is 0.254 e. The average Bonchev–Trinajstić information content (AvgIpc) is 2.29. The van der Waals surface area contributed by atoms with Gasteiger partial charge in [-0.15, -0.1) is 0 Å². The Balaban J connectivity index is 2.03. The van der Waals surface area contributed by atoms with Gasteiger partial charge < -0.3 is 15.1 Å². The normalized spacial score (nSPS) is 17.4. The lowest BCUT2D eigenvalue weighted by Gasteiger charge is -2.46. The summed E-state index contributed by atoms with van der Waals surface area (Å²) in [4.78, 5) is 13.8. The maximum atomic E-state index is 12.1. The number of hydrogen-bond donors (Lipinski definition) is 2. The van der Waals surface area contributed by atoms with Crippen LogP contribution in [-0.2, 0) is 0 Å². The summed E-state index contributed by atoms with van der Waals surface area (Å²) in [7, 11) is 0. The first-order valence-electron chi connectivity index (χ1n) is 6.26. The van der Waals surface area contributed by atoms with Gasteiger partial charge in [0.1, 0.15) is 5.75 Å². The molecule has 0 bridgehead atoms. The Morgan fingerprint density at radius 1 is 1.44 bits per heavy atom. The van der Waals surface area contributed by atoms with E-state index >= 15 is 0 Å². The van der Waals surface area contributed by atoms with Crippen molar-refractivity contribution in [1.82, 2.24) is 4.90 Å². The van der Waals surface area contributed by atoms with Crippen LogP contribution < -0.4 is 0 Å². The maximum absolute atomic E-state index is 12.1. The van der Waals surface area contributed by atoms with E-state index in [1.54, 1.807) is 24.0 Å². The van der Waals surface area contributed by atoms with Crippen molar-refractivity contribution >= 4 is 5.91 Å². The first-order chi connectivity index (χ1) is 8.45. The van der Waals surface area contributed by atoms with E-state index < -0.39 is 5.60 Å². The molecule has 4 heteroatoms. The van der Waals surface area contributed by atoms with Gasteiger partial charge in [-0.1, -0.05) is 13.3 Å². The SMILES string of the molecule is CCCC1(O)CN(C(=O)c2ccc(O)c(C)c2)C1. The van der Waals surface area contributed by atoms with Crippen LogP contribution in [0.25, 0.3) is 0 Å². The predicted molar refractivity (Wildman–Crippen MR) is 68.6 cm³/mol. The largest absolute Gasteiger partial charge is 0.508 e. The molecule has 1 aliphatic heterocycles. The number of carbonyl (C=O) groups is 1. The number of β-amino-alcohol motifs (C(OH)–C–C–N with tert-alkyl or cyclic N) is 1. The molecule has 98 valence electrons. The molecule has 1 fully saturated rings. The lowest BCUT2D eigenvalue weighted by Crippen LogP contribution is -2.63. The fraction of sp³-hybridized carbons (Fsp3) is 0.500. The Labute approximate surface area is 107 Å². The van der Waals surface area contributed by atoms with E-state index in [1.165, 1.54) is 6.07 Å². The number of aromatic hydroxyl groups is 1. The Morgan fingerprint density at radius 3 is 2.67 bits per heavy atom. The van der Waals surface area contributed by atoms with Crippen LogP contribution in [0, 0.1) is 6.92 Å². The number of amides is 1. The molecule has 0 saturated carbocycles. The van der Waals surface area contributed by atoms with E-state index in [4.69, 9.17) is 0 Å². The summed E-state index contributed by atoms with van der Waals surface area (Å²) in [5.74, 6) is 0.108. The number of aliphatic hydroxyl groups is 1. The molecule has 0 spiro atoms. The van der Waals surface area contributed by atoms with Gasteiger partial charge in [-0.25, -0.2) is 0 Å². The van der Waals surface area contributed by atoms with Crippen LogP contribution in [0.2, 0.25) is 0 Å². The second-order valence-electron chi connectivity index (χ2n) is 5.14. The fourth-order valence-corrected chi connectivity index (χ4v) is 2.40. The first kappa shape index (κ1) is 12.9. The molecule has 1 heterocycles. The van der Waals surface area contributed by atoms with Crippen molar-refractivity contribution < 1.29 is 15.0 Å². The van der Waals surface area contributed by atoms with Gasteiger partial charge in [0.15, 0.2) is 0 Å². The molecule has 0 radical (unpaired) electrons. The fourth-order valence-electron chi connectivity index (χ4n) is 2.40. The third kappa shape index (κ3) is 2.34. The zero-order valence-electron chi connectivity index (χ0n) is 10.8. The minimum Gasteiger partial charge on any atom is -0.508 e. The van der Waals surface area contributed by atoms with Crippen molar-refractivity contribution in [3.05, 3.63) is 29.3 Å². The summed E-state index contributed by atoms with van der Waals surface area (Å²) in [6.45, 7) is 4.58. The van der Waals surface area contributed by atoms with Gasteiger partial charge in [-0.05, 0) is 37.1 Å². The third-order valence-corrected chi connectivity index (χ3v) is 3.42. The Bertz CT molecular complexity index is 464. The first-order valence-corrected chi connectivity index (χ1v) is 6.26. The summed E-state index contributed by atoms with van der Waals surface area (Å²) in [5.41, 5.74) is 0.546. The van der Waals surface area contributed by atoms with Crippen molar-refractivity contribution in [2.24, 2.45) is 0 Å². The van der Waals surface area contributed by atoms with E-state index in [2.05, 4.69) is 0 Å². The molecule has 2 N–H and O–H groups in total. The molecule has 1 aromatic rings. The van der Waals surface area contributed by atoms with Crippen molar-refractivity contribution in [3.8, 4) is 5.75 Å². The highest BCUT2D eigenvalue weighted by Crippen LogP contribution is 2.28. The molecular weight excluding hydrogens is 230 g/mol. The van der Waals surface area contributed by atoms with E-state index in [0.29, 0.717) is 24.2 Å². The van der Waals surface area contributed by atoms with E-state index in [-0.39, 0.29) is 11.7 Å². The zero-order valence-corrected chi connectivity index (χ0v) is 10.8. The summed E-state index contributed by atoms with van der Waals surface area (Å²) in [5, 5.41) is 19.5. The van der Waals surface area contributed by atoms with Gasteiger partial charge >= 0.3 is 0 Å². The molecule has 0 atom stereocenters. The maximum Gasteiger partial charge on any atom is 0.254 e. The topological polar surface area (TPSA) is 60.8 Å². The van der Waals surface area contributed by atoms with Gasteiger partial charge in [-0.3, -0.25) is 4.79 Å². The highest BCUT2D eigenvalue weighted by atomic mass is 16.3. The predicted octanol–water partition coefficient (Wildman–Crippen LogP) is 1.69. The van der Waals surface area contributed by atoms with Crippen LogP contribution in [-0.4, -0.2) is 39.7 Å². The number of aryl methyl sites for hydroxylation is 1. The second-order valence-corrected chi connectivity index (χ2v) is 5.14. The van der Waals surface area contributed by atoms with Gasteiger partial charge in [0, 0.05) is 5.56 Å². The van der Waals surface area contributed by atoms with Crippen LogP contribution in [0.1, 0.15) is 35.7 Å². The molecule has 0 unspecified atom stereocenters. The number of rotatable bonds is 3. The number of benzene rings is 1. The summed E-state index contributed by atoms with van der Waals surface area (Å²) in [6, 6.07) is 4.82. The summed E-state index contributed by atoms with van der Waals surface area (Å²) < 4.78 is 0. The Morgan fingerprint density at radius 2 is 2.11 bits per heavy atom. The van der Waals surface area contributed by atoms with Crippen LogP contribution in [0.5, 0.6) is 5.75 Å². The van der Waals surface area contributed by atoms with Crippen LogP contribution in [0.15, 0.2) is 18.2 Å². The van der Waals surface area contributed by atoms with Crippen molar-refractivity contribution in [2.75, 3.05) is 13.1 Å². The summed E-state index contributed by atoms with van der Waals surface area (Å²) in [6.07, 6.45) is 1.64. The van der Waals surface area contributed by atoms with Crippen LogP contribution in [0.4, 0.5) is 0 Å². The quantitative estimate of drug-likeness (QED) is 0.857. The highest BCUT2D eigenvalue weighted by Gasteiger charge is 2.42. The second kappa shape index (κ2) is 4.61. The van der Waals surface area contributed by atoms with Gasteiger partial charge in [0.05, 0.1) is 18.7 Å². The van der Waals surface area contributed by atoms with E-state index in [9.17, 15) is 15.0 Å². The van der Waals surface area contributed by atoms with E-state index in [0.717, 1.165) is 12.8 Å². The van der Waals surface area contributed by atoms with E-state index in [1.807, 2.05) is 6.92 Å². The minimum absolute atomic E-state index is 0.0844. The monoisotopic (exact) mass is 249 g/mol. The highest BCUT2D eigenvalue weighted by molar-refractivity contribution is 5.95. The lowest BCUT2D eigenvalue weighted by atomic mass is 9.88. The standard InChI is InChI=1S/C14H19NO3/c1-3-6-14(18)8-15(9-14)13(17)11-4-5-12(16)10(2)7-11/h4-5,7,16,18H,3,6,8-9H2,1-2H3. The molecule has 4 nitrogen and oxygen atoms in total. The minimum atomic E-state index is -0.698. The van der Waals surface area contributed by atoms with Crippen molar-refractivity contribution in [1.29, 1.82) is 0 Å². The number of phenols is 1. The molecule has 0 aromatic heterocycles. The number of hydrogen-bond acceptors (Lipinski definition) is 3. The molecule has 2 rings (SSSR count). The molecule has 18 heavy (non-hydrogen) atoms. The molecule has 1 amide bonds. The number of nitrogens with zero attached hydrogens (tertiary/aromatic N) is 1. The molecular formula is C14H19NO3. The van der Waals surface area contributed by atoms with Crippen LogP contribution >= 0.6 is 0 Å². The van der Waals surface area contributed by atoms with Crippen LogP contribution in [0.3, 0.4) is 0 Å². The lowest BCUT2D eigenvalue weighted by molar-refractivity contribution is -0.0860. The molecule has 1 saturated heterocycles. The number of phenolic OH excluding ortho intramolecular Hbond substituents is 1.